The molecule has 7 nitrogen and oxygen atoms in total. The summed E-state index contributed by atoms with van der Waals surface area (Å²) in [6.07, 6.45) is 1.42. The molecule has 0 bridgehead atoms. The lowest BCUT2D eigenvalue weighted by Gasteiger charge is -2.09. The van der Waals surface area contributed by atoms with Crippen LogP contribution in [-0.2, 0) is 4.79 Å². The molecule has 0 saturated carbocycles. The van der Waals surface area contributed by atoms with Gasteiger partial charge in [0, 0.05) is 0 Å². The molecule has 1 amide bonds. The first-order valence-corrected chi connectivity index (χ1v) is 7.90. The Labute approximate surface area is 155 Å². The summed E-state index contributed by atoms with van der Waals surface area (Å²) in [7, 11) is 1.44. The van der Waals surface area contributed by atoms with Crippen LogP contribution in [0.2, 0.25) is 5.02 Å². The summed E-state index contributed by atoms with van der Waals surface area (Å²) < 4.78 is 10.3. The van der Waals surface area contributed by atoms with Crippen LogP contribution in [0.25, 0.3) is 0 Å². The number of carbonyl (C=O) groups is 2. The van der Waals surface area contributed by atoms with Crippen LogP contribution in [-0.4, -0.2) is 36.9 Å². The number of amides is 1. The highest BCUT2D eigenvalue weighted by Crippen LogP contribution is 2.27. The van der Waals surface area contributed by atoms with E-state index in [1.807, 2.05) is 6.92 Å². The first-order valence-electron chi connectivity index (χ1n) is 7.53. The van der Waals surface area contributed by atoms with Crippen molar-refractivity contribution in [2.45, 2.75) is 6.92 Å². The third-order valence-electron chi connectivity index (χ3n) is 3.29. The van der Waals surface area contributed by atoms with Gasteiger partial charge in [-0.3, -0.25) is 4.79 Å². The molecular weight excluding hydrogens is 360 g/mol. The summed E-state index contributed by atoms with van der Waals surface area (Å²) >= 11 is 6.04. The molecule has 2 aromatic rings. The average molecular weight is 377 g/mol. The summed E-state index contributed by atoms with van der Waals surface area (Å²) in [4.78, 5) is 22.7. The second-order valence-corrected chi connectivity index (χ2v) is 5.68. The van der Waals surface area contributed by atoms with Crippen LogP contribution >= 0.6 is 11.6 Å². The van der Waals surface area contributed by atoms with Crippen LogP contribution in [0.5, 0.6) is 11.5 Å². The highest BCUT2D eigenvalue weighted by molar-refractivity contribution is 6.33. The Morgan fingerprint density at radius 3 is 2.65 bits per heavy atom. The van der Waals surface area contributed by atoms with Crippen molar-refractivity contribution in [3.63, 3.8) is 0 Å². The number of aliphatic carboxylic acids is 1. The lowest BCUT2D eigenvalue weighted by molar-refractivity contribution is -0.139. The second kappa shape index (κ2) is 8.87. The molecule has 0 aliphatic carbocycles. The van der Waals surface area contributed by atoms with E-state index in [9.17, 15) is 9.59 Å². The zero-order valence-electron chi connectivity index (χ0n) is 14.2. The van der Waals surface area contributed by atoms with Gasteiger partial charge in [0.25, 0.3) is 5.91 Å². The average Bonchev–Trinajstić information content (AvgIpc) is 2.60. The third-order valence-corrected chi connectivity index (χ3v) is 3.60. The number of ether oxygens (including phenoxy) is 2. The number of carboxylic acid groups (broad SMARTS) is 1. The number of rotatable bonds is 7. The number of halogens is 1. The number of methoxy groups -OCH3 is 1. The molecule has 0 spiro atoms. The first-order chi connectivity index (χ1) is 12.4. The fourth-order valence-electron chi connectivity index (χ4n) is 2.05. The standard InChI is InChI=1S/C18H17ClN2O5/c1-11-3-5-13(14(19)7-11)18(24)21-20-9-12-4-6-15(16(8-12)25-2)26-10-17(22)23/h3-9H,10H2,1-2H3,(H,21,24)(H,22,23)/b20-9-. The normalized spacial score (nSPS) is 10.6. The van der Waals surface area contributed by atoms with Crippen molar-refractivity contribution in [1.29, 1.82) is 0 Å². The van der Waals surface area contributed by atoms with E-state index in [-0.39, 0.29) is 0 Å². The van der Waals surface area contributed by atoms with Gasteiger partial charge >= 0.3 is 5.97 Å². The van der Waals surface area contributed by atoms with Crippen molar-refractivity contribution in [3.05, 3.63) is 58.1 Å². The van der Waals surface area contributed by atoms with E-state index in [1.54, 1.807) is 36.4 Å². The van der Waals surface area contributed by atoms with Crippen LogP contribution in [0.4, 0.5) is 0 Å². The molecule has 0 unspecified atom stereocenters. The van der Waals surface area contributed by atoms with Crippen LogP contribution in [0.15, 0.2) is 41.5 Å². The smallest absolute Gasteiger partial charge is 0.341 e. The monoisotopic (exact) mass is 376 g/mol. The minimum atomic E-state index is -1.09. The number of hydrogen-bond donors (Lipinski definition) is 2. The molecule has 136 valence electrons. The van der Waals surface area contributed by atoms with Gasteiger partial charge in [0.05, 0.1) is 23.9 Å². The predicted molar refractivity (Wildman–Crippen MR) is 97.4 cm³/mol. The molecule has 2 rings (SSSR count). The zero-order chi connectivity index (χ0) is 19.1. The molecule has 0 aromatic heterocycles. The number of carbonyl (C=O) groups excluding carboxylic acids is 1. The molecule has 26 heavy (non-hydrogen) atoms. The fraction of sp³-hybridized carbons (Fsp3) is 0.167. The Balaban J connectivity index is 2.05. The van der Waals surface area contributed by atoms with E-state index in [1.165, 1.54) is 13.3 Å². The highest BCUT2D eigenvalue weighted by Gasteiger charge is 2.10. The molecule has 8 heteroatoms. The molecule has 0 heterocycles. The second-order valence-electron chi connectivity index (χ2n) is 5.28. The maximum Gasteiger partial charge on any atom is 0.341 e. The molecule has 0 atom stereocenters. The van der Waals surface area contributed by atoms with Gasteiger partial charge in [-0.2, -0.15) is 5.10 Å². The molecule has 0 aliphatic rings. The Hall–Kier alpha value is -3.06. The van der Waals surface area contributed by atoms with E-state index >= 15 is 0 Å². The van der Waals surface area contributed by atoms with E-state index in [2.05, 4.69) is 10.5 Å². The Morgan fingerprint density at radius 2 is 2.00 bits per heavy atom. The lowest BCUT2D eigenvalue weighted by Crippen LogP contribution is -2.18. The largest absolute Gasteiger partial charge is 0.493 e. The number of nitrogens with one attached hydrogen (secondary N) is 1. The van der Waals surface area contributed by atoms with E-state index in [0.29, 0.717) is 27.6 Å². The Morgan fingerprint density at radius 1 is 1.23 bits per heavy atom. The SMILES string of the molecule is COc1cc(/C=N\NC(=O)c2ccc(C)cc2Cl)ccc1OCC(=O)O. The van der Waals surface area contributed by atoms with Gasteiger partial charge in [0.15, 0.2) is 18.1 Å². The van der Waals surface area contributed by atoms with Crippen molar-refractivity contribution in [2.24, 2.45) is 5.10 Å². The van der Waals surface area contributed by atoms with E-state index < -0.39 is 18.5 Å². The van der Waals surface area contributed by atoms with Gasteiger partial charge < -0.3 is 14.6 Å². The lowest BCUT2D eigenvalue weighted by atomic mass is 10.1. The number of benzene rings is 2. The Bertz CT molecular complexity index is 851. The summed E-state index contributed by atoms with van der Waals surface area (Å²) in [5, 5.41) is 12.9. The van der Waals surface area contributed by atoms with Gasteiger partial charge in [-0.05, 0) is 48.4 Å². The van der Waals surface area contributed by atoms with Crippen LogP contribution < -0.4 is 14.9 Å². The van der Waals surface area contributed by atoms with Gasteiger partial charge in [0.2, 0.25) is 0 Å². The maximum atomic E-state index is 12.1. The van der Waals surface area contributed by atoms with Gasteiger partial charge in [-0.25, -0.2) is 10.2 Å². The summed E-state index contributed by atoms with van der Waals surface area (Å²) in [6, 6.07) is 9.91. The quantitative estimate of drug-likeness (QED) is 0.572. The Kier molecular flexibility index (Phi) is 6.57. The van der Waals surface area contributed by atoms with E-state index in [4.69, 9.17) is 26.2 Å². The minimum Gasteiger partial charge on any atom is -0.493 e. The summed E-state index contributed by atoms with van der Waals surface area (Å²) in [6.45, 7) is 1.40. The van der Waals surface area contributed by atoms with Crippen LogP contribution in [0, 0.1) is 6.92 Å². The number of hydrogen-bond acceptors (Lipinski definition) is 5. The van der Waals surface area contributed by atoms with Crippen molar-refractivity contribution in [2.75, 3.05) is 13.7 Å². The van der Waals surface area contributed by atoms with Crippen molar-refractivity contribution in [1.82, 2.24) is 5.43 Å². The fourth-order valence-corrected chi connectivity index (χ4v) is 2.37. The van der Waals surface area contributed by atoms with Crippen molar-refractivity contribution < 1.29 is 24.2 Å². The number of aryl methyl sites for hydroxylation is 1. The topological polar surface area (TPSA) is 97.2 Å². The maximum absolute atomic E-state index is 12.1. The summed E-state index contributed by atoms with van der Waals surface area (Å²) in [5.41, 5.74) is 4.30. The van der Waals surface area contributed by atoms with Gasteiger partial charge in [-0.1, -0.05) is 17.7 Å². The minimum absolute atomic E-state index is 0.294. The van der Waals surface area contributed by atoms with Crippen molar-refractivity contribution >= 4 is 29.7 Å². The third kappa shape index (κ3) is 5.22. The van der Waals surface area contributed by atoms with E-state index in [0.717, 1.165) is 5.56 Å². The molecule has 0 saturated heterocycles. The first kappa shape index (κ1) is 19.3. The van der Waals surface area contributed by atoms with Gasteiger partial charge in [0.1, 0.15) is 0 Å². The summed E-state index contributed by atoms with van der Waals surface area (Å²) in [5.74, 6) is -0.875. The number of hydrazone groups is 1. The van der Waals surface area contributed by atoms with Crippen molar-refractivity contribution in [3.8, 4) is 11.5 Å². The molecular formula is C18H17ClN2O5. The molecule has 0 fully saturated rings. The zero-order valence-corrected chi connectivity index (χ0v) is 14.9. The highest BCUT2D eigenvalue weighted by atomic mass is 35.5. The number of carboxylic acids is 1. The van der Waals surface area contributed by atoms with Crippen LogP contribution in [0.1, 0.15) is 21.5 Å². The predicted octanol–water partition coefficient (Wildman–Crippen LogP) is 2.88. The molecule has 2 N–H and O–H groups in total. The molecule has 2 aromatic carbocycles. The molecule has 0 radical (unpaired) electrons. The van der Waals surface area contributed by atoms with Gasteiger partial charge in [-0.15, -0.1) is 0 Å². The molecule has 0 aliphatic heterocycles. The number of nitrogens with zero attached hydrogens (tertiary/aromatic N) is 1. The van der Waals surface area contributed by atoms with Crippen LogP contribution in [0.3, 0.4) is 0 Å².